The standard InChI is InChI=1S/C14H21N3O3/c1-17-9-6-11(16-17)12(18)15-10-14(13(19)20)7-4-2-3-5-8-14/h6,9H,2-5,7-8,10H2,1H3,(H,15,18)(H,19,20). The quantitative estimate of drug-likeness (QED) is 0.819. The molecule has 2 N–H and O–H groups in total. The maximum absolute atomic E-state index is 12.0. The molecule has 1 heterocycles. The molecule has 0 bridgehead atoms. The van der Waals surface area contributed by atoms with Gasteiger partial charge >= 0.3 is 5.97 Å². The molecule has 1 aromatic heterocycles. The average molecular weight is 279 g/mol. The van der Waals surface area contributed by atoms with Crippen LogP contribution in [0.1, 0.15) is 49.0 Å². The van der Waals surface area contributed by atoms with Crippen molar-refractivity contribution in [3.05, 3.63) is 18.0 Å². The van der Waals surface area contributed by atoms with Crippen LogP contribution in [0.15, 0.2) is 12.3 Å². The highest BCUT2D eigenvalue weighted by Crippen LogP contribution is 2.34. The summed E-state index contributed by atoms with van der Waals surface area (Å²) in [6.45, 7) is 0.178. The lowest BCUT2D eigenvalue weighted by atomic mass is 9.80. The number of nitrogens with one attached hydrogen (secondary N) is 1. The predicted octanol–water partition coefficient (Wildman–Crippen LogP) is 1.58. The number of nitrogens with zero attached hydrogens (tertiary/aromatic N) is 2. The summed E-state index contributed by atoms with van der Waals surface area (Å²) in [7, 11) is 1.74. The van der Waals surface area contributed by atoms with Crippen LogP contribution < -0.4 is 5.32 Å². The predicted molar refractivity (Wildman–Crippen MR) is 73.3 cm³/mol. The third kappa shape index (κ3) is 3.18. The number of aliphatic carboxylic acids is 1. The molecule has 0 radical (unpaired) electrons. The van der Waals surface area contributed by atoms with Gasteiger partial charge in [-0.1, -0.05) is 25.7 Å². The monoisotopic (exact) mass is 279 g/mol. The zero-order valence-corrected chi connectivity index (χ0v) is 11.8. The highest BCUT2D eigenvalue weighted by atomic mass is 16.4. The van der Waals surface area contributed by atoms with E-state index < -0.39 is 11.4 Å². The first-order valence-electron chi connectivity index (χ1n) is 7.05. The first kappa shape index (κ1) is 14.6. The molecule has 20 heavy (non-hydrogen) atoms. The molecule has 0 aromatic carbocycles. The van der Waals surface area contributed by atoms with E-state index in [1.54, 1.807) is 24.0 Å². The molecule has 0 atom stereocenters. The minimum absolute atomic E-state index is 0.178. The SMILES string of the molecule is Cn1ccc(C(=O)NCC2(C(=O)O)CCCCCC2)n1. The number of hydrogen-bond acceptors (Lipinski definition) is 3. The number of aromatic nitrogens is 2. The highest BCUT2D eigenvalue weighted by molar-refractivity contribution is 5.92. The van der Waals surface area contributed by atoms with Crippen LogP contribution >= 0.6 is 0 Å². The molecule has 110 valence electrons. The summed E-state index contributed by atoms with van der Waals surface area (Å²) in [6.07, 6.45) is 6.91. The van der Waals surface area contributed by atoms with Crippen LogP contribution in [0.25, 0.3) is 0 Å². The molecular formula is C14H21N3O3. The van der Waals surface area contributed by atoms with Crippen molar-refractivity contribution in [3.8, 4) is 0 Å². The van der Waals surface area contributed by atoms with Gasteiger partial charge in [0.2, 0.25) is 0 Å². The van der Waals surface area contributed by atoms with Crippen LogP contribution in [0.5, 0.6) is 0 Å². The van der Waals surface area contributed by atoms with Gasteiger partial charge in [0.1, 0.15) is 5.69 Å². The van der Waals surface area contributed by atoms with Gasteiger partial charge in [0, 0.05) is 19.8 Å². The van der Waals surface area contributed by atoms with Gasteiger partial charge in [0.05, 0.1) is 5.41 Å². The number of carboxylic acids is 1. The fraction of sp³-hybridized carbons (Fsp3) is 0.643. The number of carbonyl (C=O) groups excluding carboxylic acids is 1. The van der Waals surface area contributed by atoms with E-state index >= 15 is 0 Å². The Labute approximate surface area is 118 Å². The van der Waals surface area contributed by atoms with E-state index in [1.165, 1.54) is 0 Å². The van der Waals surface area contributed by atoms with Crippen molar-refractivity contribution < 1.29 is 14.7 Å². The van der Waals surface area contributed by atoms with Crippen LogP contribution in [0.2, 0.25) is 0 Å². The third-order valence-corrected chi connectivity index (χ3v) is 4.05. The molecule has 1 saturated carbocycles. The van der Waals surface area contributed by atoms with Crippen molar-refractivity contribution >= 4 is 11.9 Å². The van der Waals surface area contributed by atoms with Gasteiger partial charge in [0.15, 0.2) is 0 Å². The highest BCUT2D eigenvalue weighted by Gasteiger charge is 2.39. The van der Waals surface area contributed by atoms with E-state index in [9.17, 15) is 14.7 Å². The molecule has 1 amide bonds. The summed E-state index contributed by atoms with van der Waals surface area (Å²) in [5.74, 6) is -1.11. The molecule has 6 heteroatoms. The van der Waals surface area contributed by atoms with Crippen LogP contribution in [-0.2, 0) is 11.8 Å². The molecule has 0 spiro atoms. The second kappa shape index (κ2) is 6.07. The molecule has 2 rings (SSSR count). The Balaban J connectivity index is 2.01. The van der Waals surface area contributed by atoms with Crippen molar-refractivity contribution in [1.29, 1.82) is 0 Å². The lowest BCUT2D eigenvalue weighted by Crippen LogP contribution is -2.43. The van der Waals surface area contributed by atoms with Gasteiger partial charge in [-0.05, 0) is 18.9 Å². The van der Waals surface area contributed by atoms with Crippen molar-refractivity contribution in [2.24, 2.45) is 12.5 Å². The van der Waals surface area contributed by atoms with Gasteiger partial charge < -0.3 is 10.4 Å². The lowest BCUT2D eigenvalue weighted by Gasteiger charge is -2.28. The Morgan fingerprint density at radius 2 is 2.00 bits per heavy atom. The van der Waals surface area contributed by atoms with Crippen molar-refractivity contribution in [1.82, 2.24) is 15.1 Å². The van der Waals surface area contributed by atoms with Crippen LogP contribution in [0, 0.1) is 5.41 Å². The average Bonchev–Trinajstić information content (AvgIpc) is 2.71. The molecule has 0 unspecified atom stereocenters. The van der Waals surface area contributed by atoms with E-state index in [0.717, 1.165) is 25.7 Å². The number of carboxylic acid groups (broad SMARTS) is 1. The fourth-order valence-corrected chi connectivity index (χ4v) is 2.75. The molecular weight excluding hydrogens is 258 g/mol. The van der Waals surface area contributed by atoms with E-state index in [1.807, 2.05) is 0 Å². The maximum atomic E-state index is 12.0. The van der Waals surface area contributed by atoms with E-state index in [4.69, 9.17) is 0 Å². The number of carbonyl (C=O) groups is 2. The first-order chi connectivity index (χ1) is 9.53. The topological polar surface area (TPSA) is 84.2 Å². The molecule has 1 aromatic rings. The fourth-order valence-electron chi connectivity index (χ4n) is 2.75. The second-order valence-electron chi connectivity index (χ2n) is 5.56. The Bertz CT molecular complexity index is 488. The molecule has 6 nitrogen and oxygen atoms in total. The Morgan fingerprint density at radius 1 is 1.35 bits per heavy atom. The molecule has 1 fully saturated rings. The minimum Gasteiger partial charge on any atom is -0.481 e. The number of aryl methyl sites for hydroxylation is 1. The number of hydrogen-bond donors (Lipinski definition) is 2. The summed E-state index contributed by atoms with van der Waals surface area (Å²) < 4.78 is 1.55. The maximum Gasteiger partial charge on any atom is 0.311 e. The summed E-state index contributed by atoms with van der Waals surface area (Å²) in [5, 5.41) is 16.3. The van der Waals surface area contributed by atoms with Gasteiger partial charge in [0.25, 0.3) is 5.91 Å². The summed E-state index contributed by atoms with van der Waals surface area (Å²) in [4.78, 5) is 23.6. The van der Waals surface area contributed by atoms with Crippen molar-refractivity contribution in [2.45, 2.75) is 38.5 Å². The van der Waals surface area contributed by atoms with Gasteiger partial charge in [-0.2, -0.15) is 5.10 Å². The Kier molecular flexibility index (Phi) is 4.42. The Morgan fingerprint density at radius 3 is 2.50 bits per heavy atom. The minimum atomic E-state index is -0.819. The molecule has 0 saturated heterocycles. The van der Waals surface area contributed by atoms with Crippen molar-refractivity contribution in [2.75, 3.05) is 6.54 Å². The number of amides is 1. The third-order valence-electron chi connectivity index (χ3n) is 4.05. The van der Waals surface area contributed by atoms with Crippen LogP contribution in [0.3, 0.4) is 0 Å². The van der Waals surface area contributed by atoms with E-state index in [2.05, 4.69) is 10.4 Å². The molecule has 0 aliphatic heterocycles. The summed E-state index contributed by atoms with van der Waals surface area (Å²) in [6, 6.07) is 1.62. The first-order valence-corrected chi connectivity index (χ1v) is 7.05. The van der Waals surface area contributed by atoms with Crippen LogP contribution in [-0.4, -0.2) is 33.3 Å². The van der Waals surface area contributed by atoms with Gasteiger partial charge in [-0.25, -0.2) is 0 Å². The van der Waals surface area contributed by atoms with Gasteiger partial charge in [-0.3, -0.25) is 14.3 Å². The largest absolute Gasteiger partial charge is 0.481 e. The smallest absolute Gasteiger partial charge is 0.311 e. The summed E-state index contributed by atoms with van der Waals surface area (Å²) in [5.41, 5.74) is -0.498. The normalized spacial score (nSPS) is 18.2. The van der Waals surface area contributed by atoms with Crippen LogP contribution in [0.4, 0.5) is 0 Å². The van der Waals surface area contributed by atoms with Crippen molar-refractivity contribution in [3.63, 3.8) is 0 Å². The van der Waals surface area contributed by atoms with E-state index in [-0.39, 0.29) is 12.5 Å². The number of rotatable bonds is 4. The zero-order valence-electron chi connectivity index (χ0n) is 11.8. The zero-order chi connectivity index (χ0) is 14.6. The Hall–Kier alpha value is -1.85. The summed E-state index contributed by atoms with van der Waals surface area (Å²) >= 11 is 0. The van der Waals surface area contributed by atoms with E-state index in [0.29, 0.717) is 18.5 Å². The second-order valence-corrected chi connectivity index (χ2v) is 5.56. The molecule has 1 aliphatic carbocycles. The lowest BCUT2D eigenvalue weighted by molar-refractivity contribution is -0.149. The van der Waals surface area contributed by atoms with Gasteiger partial charge in [-0.15, -0.1) is 0 Å². The molecule has 1 aliphatic rings.